The fourth-order valence-electron chi connectivity index (χ4n) is 0.729. The molecule has 0 aliphatic heterocycles. The van der Waals surface area contributed by atoms with Crippen molar-refractivity contribution in [3.8, 4) is 0 Å². The van der Waals surface area contributed by atoms with E-state index in [0.717, 1.165) is 26.2 Å². The quantitative estimate of drug-likeness (QED) is 0.548. The van der Waals surface area contributed by atoms with E-state index in [9.17, 15) is 0 Å². The maximum Gasteiger partial charge on any atom is 0.0687 e. The van der Waals surface area contributed by atoms with Gasteiger partial charge in [-0.3, -0.25) is 4.84 Å². The first-order valence-electron chi connectivity index (χ1n) is 4.49. The predicted molar refractivity (Wildman–Crippen MR) is 49.9 cm³/mol. The first-order chi connectivity index (χ1) is 5.66. The minimum Gasteiger partial charge on any atom is -0.383 e. The standard InChI is InChI=1S/C9H21NO2/c1-9(2)5-7-12-10(3)6-8-11-4/h9H,5-8H2,1-4H3. The minimum absolute atomic E-state index is 0.709. The van der Waals surface area contributed by atoms with Gasteiger partial charge in [0.05, 0.1) is 13.2 Å². The second-order valence-electron chi connectivity index (χ2n) is 3.36. The zero-order chi connectivity index (χ0) is 9.40. The van der Waals surface area contributed by atoms with E-state index < -0.39 is 0 Å². The molecular formula is C9H21NO2. The Morgan fingerprint density at radius 3 is 2.42 bits per heavy atom. The average molecular weight is 175 g/mol. The third kappa shape index (κ3) is 7.98. The number of methoxy groups -OCH3 is 1. The molecule has 0 fully saturated rings. The molecular weight excluding hydrogens is 154 g/mol. The highest BCUT2D eigenvalue weighted by atomic mass is 16.7. The molecule has 0 atom stereocenters. The SMILES string of the molecule is COCCN(C)OCCC(C)C. The van der Waals surface area contributed by atoms with Crippen molar-refractivity contribution in [3.63, 3.8) is 0 Å². The van der Waals surface area contributed by atoms with Gasteiger partial charge in [-0.1, -0.05) is 13.8 Å². The molecule has 0 aromatic heterocycles. The molecule has 74 valence electrons. The van der Waals surface area contributed by atoms with Gasteiger partial charge in [-0.25, -0.2) is 0 Å². The maximum atomic E-state index is 5.41. The van der Waals surface area contributed by atoms with Crippen molar-refractivity contribution in [1.29, 1.82) is 0 Å². The Labute approximate surface area is 75.6 Å². The molecule has 0 N–H and O–H groups in total. The molecule has 0 heterocycles. The molecule has 0 amide bonds. The van der Waals surface area contributed by atoms with E-state index in [1.807, 2.05) is 12.1 Å². The van der Waals surface area contributed by atoms with Crippen LogP contribution in [0.3, 0.4) is 0 Å². The molecule has 0 unspecified atom stereocenters. The Kier molecular flexibility index (Phi) is 7.45. The number of hydroxylamine groups is 2. The van der Waals surface area contributed by atoms with Gasteiger partial charge >= 0.3 is 0 Å². The van der Waals surface area contributed by atoms with Crippen LogP contribution < -0.4 is 0 Å². The summed E-state index contributed by atoms with van der Waals surface area (Å²) in [7, 11) is 3.63. The topological polar surface area (TPSA) is 21.7 Å². The molecule has 0 radical (unpaired) electrons. The molecule has 0 aliphatic rings. The van der Waals surface area contributed by atoms with Crippen LogP contribution in [-0.2, 0) is 9.57 Å². The van der Waals surface area contributed by atoms with Crippen LogP contribution >= 0.6 is 0 Å². The third-order valence-electron chi connectivity index (χ3n) is 1.62. The highest BCUT2D eigenvalue weighted by molar-refractivity contribution is 4.42. The number of likely N-dealkylation sites (N-methyl/N-ethyl adjacent to an activating group) is 1. The summed E-state index contributed by atoms with van der Waals surface area (Å²) >= 11 is 0. The van der Waals surface area contributed by atoms with Gasteiger partial charge in [-0.2, -0.15) is 5.06 Å². The third-order valence-corrected chi connectivity index (χ3v) is 1.62. The zero-order valence-corrected chi connectivity index (χ0v) is 8.67. The van der Waals surface area contributed by atoms with Crippen molar-refractivity contribution >= 4 is 0 Å². The normalized spacial score (nSPS) is 11.5. The molecule has 3 heteroatoms. The second-order valence-corrected chi connectivity index (χ2v) is 3.36. The van der Waals surface area contributed by atoms with Crippen molar-refractivity contribution in [2.24, 2.45) is 5.92 Å². The van der Waals surface area contributed by atoms with E-state index in [2.05, 4.69) is 13.8 Å². The highest BCUT2D eigenvalue weighted by Crippen LogP contribution is 1.99. The van der Waals surface area contributed by atoms with Crippen LogP contribution in [-0.4, -0.2) is 39.0 Å². The lowest BCUT2D eigenvalue weighted by Gasteiger charge is -2.16. The lowest BCUT2D eigenvalue weighted by Crippen LogP contribution is -2.24. The van der Waals surface area contributed by atoms with Gasteiger partial charge in [0.25, 0.3) is 0 Å². The molecule has 0 saturated heterocycles. The van der Waals surface area contributed by atoms with Crippen molar-refractivity contribution in [2.45, 2.75) is 20.3 Å². The van der Waals surface area contributed by atoms with Gasteiger partial charge < -0.3 is 4.74 Å². The number of rotatable bonds is 7. The monoisotopic (exact) mass is 175 g/mol. The second kappa shape index (κ2) is 7.53. The summed E-state index contributed by atoms with van der Waals surface area (Å²) in [5, 5.41) is 1.83. The van der Waals surface area contributed by atoms with E-state index in [0.29, 0.717) is 5.92 Å². The molecule has 0 aromatic carbocycles. The highest BCUT2D eigenvalue weighted by Gasteiger charge is 1.98. The van der Waals surface area contributed by atoms with Gasteiger partial charge in [0.1, 0.15) is 0 Å². The Hall–Kier alpha value is -0.120. The summed E-state index contributed by atoms with van der Waals surface area (Å²) in [4.78, 5) is 5.41. The molecule has 0 aromatic rings. The summed E-state index contributed by atoms with van der Waals surface area (Å²) in [6.45, 7) is 6.74. The minimum atomic E-state index is 0.709. The van der Waals surface area contributed by atoms with Gasteiger partial charge in [0, 0.05) is 20.7 Å². The maximum absolute atomic E-state index is 5.41. The van der Waals surface area contributed by atoms with E-state index in [1.165, 1.54) is 0 Å². The molecule has 0 aliphatic carbocycles. The summed E-state index contributed by atoms with van der Waals surface area (Å²) in [6, 6.07) is 0. The van der Waals surface area contributed by atoms with Crippen molar-refractivity contribution in [1.82, 2.24) is 5.06 Å². The van der Waals surface area contributed by atoms with Gasteiger partial charge in [-0.15, -0.1) is 0 Å². The summed E-state index contributed by atoms with van der Waals surface area (Å²) in [5.41, 5.74) is 0. The zero-order valence-electron chi connectivity index (χ0n) is 8.67. The van der Waals surface area contributed by atoms with Crippen LogP contribution in [0.1, 0.15) is 20.3 Å². The Morgan fingerprint density at radius 1 is 1.25 bits per heavy atom. The summed E-state index contributed by atoms with van der Waals surface area (Å²) in [6.07, 6.45) is 1.11. The van der Waals surface area contributed by atoms with Gasteiger partial charge in [0.15, 0.2) is 0 Å². The van der Waals surface area contributed by atoms with Crippen LogP contribution in [0.4, 0.5) is 0 Å². The molecule has 0 rings (SSSR count). The van der Waals surface area contributed by atoms with Crippen molar-refractivity contribution < 1.29 is 9.57 Å². The number of hydrogen-bond donors (Lipinski definition) is 0. The van der Waals surface area contributed by atoms with Crippen LogP contribution in [0.5, 0.6) is 0 Å². The molecule has 0 saturated carbocycles. The van der Waals surface area contributed by atoms with Crippen LogP contribution in [0, 0.1) is 5.92 Å². The molecule has 0 bridgehead atoms. The summed E-state index contributed by atoms with van der Waals surface area (Å²) < 4.78 is 4.92. The molecule has 12 heavy (non-hydrogen) atoms. The van der Waals surface area contributed by atoms with Crippen LogP contribution in [0.15, 0.2) is 0 Å². The number of ether oxygens (including phenoxy) is 1. The molecule has 0 spiro atoms. The summed E-state index contributed by atoms with van der Waals surface area (Å²) in [5.74, 6) is 0.709. The fraction of sp³-hybridized carbons (Fsp3) is 1.00. The van der Waals surface area contributed by atoms with E-state index in [4.69, 9.17) is 9.57 Å². The Morgan fingerprint density at radius 2 is 1.92 bits per heavy atom. The average Bonchev–Trinajstić information content (AvgIpc) is 2.00. The lowest BCUT2D eigenvalue weighted by atomic mass is 10.1. The first-order valence-corrected chi connectivity index (χ1v) is 4.49. The molecule has 3 nitrogen and oxygen atoms in total. The number of hydrogen-bond acceptors (Lipinski definition) is 3. The fourth-order valence-corrected chi connectivity index (χ4v) is 0.729. The van der Waals surface area contributed by atoms with Crippen molar-refractivity contribution in [3.05, 3.63) is 0 Å². The predicted octanol–water partition coefficient (Wildman–Crippen LogP) is 1.54. The van der Waals surface area contributed by atoms with E-state index in [-0.39, 0.29) is 0 Å². The Bertz CT molecular complexity index is 96.5. The van der Waals surface area contributed by atoms with Gasteiger partial charge in [-0.05, 0) is 12.3 Å². The largest absolute Gasteiger partial charge is 0.383 e. The first kappa shape index (κ1) is 11.9. The van der Waals surface area contributed by atoms with Crippen LogP contribution in [0.25, 0.3) is 0 Å². The van der Waals surface area contributed by atoms with Crippen LogP contribution in [0.2, 0.25) is 0 Å². The van der Waals surface area contributed by atoms with E-state index in [1.54, 1.807) is 7.11 Å². The number of nitrogens with zero attached hydrogens (tertiary/aromatic N) is 1. The Balaban J connectivity index is 3.13. The van der Waals surface area contributed by atoms with Crippen molar-refractivity contribution in [2.75, 3.05) is 33.9 Å². The lowest BCUT2D eigenvalue weighted by molar-refractivity contribution is -0.148. The van der Waals surface area contributed by atoms with E-state index >= 15 is 0 Å². The smallest absolute Gasteiger partial charge is 0.0687 e. The van der Waals surface area contributed by atoms with Gasteiger partial charge in [0.2, 0.25) is 0 Å².